The first-order valence-electron chi connectivity index (χ1n) is 7.97. The summed E-state index contributed by atoms with van der Waals surface area (Å²) in [7, 11) is 0. The van der Waals surface area contributed by atoms with Crippen molar-refractivity contribution in [2.24, 2.45) is 0 Å². The van der Waals surface area contributed by atoms with E-state index in [2.05, 4.69) is 43.2 Å². The molecule has 25 heavy (non-hydrogen) atoms. The van der Waals surface area contributed by atoms with Crippen molar-refractivity contribution in [1.29, 1.82) is 0 Å². The molecule has 3 rings (SSSR count). The molecule has 0 spiro atoms. The van der Waals surface area contributed by atoms with E-state index in [-0.39, 0.29) is 11.0 Å². The fourth-order valence-electron chi connectivity index (χ4n) is 2.41. The van der Waals surface area contributed by atoms with Gasteiger partial charge < -0.3 is 0 Å². The minimum Gasteiger partial charge on any atom is -0.298 e. The highest BCUT2D eigenvalue weighted by atomic mass is 32.1. The Morgan fingerprint density at radius 2 is 1.76 bits per heavy atom. The van der Waals surface area contributed by atoms with E-state index in [9.17, 15) is 9.18 Å². The van der Waals surface area contributed by atoms with Crippen molar-refractivity contribution in [1.82, 2.24) is 4.98 Å². The summed E-state index contributed by atoms with van der Waals surface area (Å²) in [6.07, 6.45) is 0. The summed E-state index contributed by atoms with van der Waals surface area (Å²) < 4.78 is 13.7. The molecule has 3 aromatic rings. The van der Waals surface area contributed by atoms with E-state index in [4.69, 9.17) is 0 Å². The molecule has 3 nitrogen and oxygen atoms in total. The normalized spacial score (nSPS) is 11.4. The summed E-state index contributed by atoms with van der Waals surface area (Å²) >= 11 is 1.32. The molecule has 0 saturated carbocycles. The van der Waals surface area contributed by atoms with Gasteiger partial charge in [0.1, 0.15) is 5.82 Å². The second-order valence-corrected chi connectivity index (χ2v) is 7.66. The molecule has 1 aromatic heterocycles. The maximum Gasteiger partial charge on any atom is 0.260 e. The largest absolute Gasteiger partial charge is 0.298 e. The van der Waals surface area contributed by atoms with Crippen molar-refractivity contribution >= 4 is 22.4 Å². The lowest BCUT2D eigenvalue weighted by molar-refractivity contribution is 0.102. The highest BCUT2D eigenvalue weighted by Gasteiger charge is 2.15. The van der Waals surface area contributed by atoms with Gasteiger partial charge in [-0.2, -0.15) is 0 Å². The molecule has 0 atom stereocenters. The van der Waals surface area contributed by atoms with Crippen LogP contribution in [0.4, 0.5) is 9.52 Å². The van der Waals surface area contributed by atoms with Gasteiger partial charge >= 0.3 is 0 Å². The highest BCUT2D eigenvalue weighted by molar-refractivity contribution is 7.14. The van der Waals surface area contributed by atoms with E-state index in [1.807, 2.05) is 17.5 Å². The number of aromatic nitrogens is 1. The van der Waals surface area contributed by atoms with Crippen LogP contribution < -0.4 is 5.32 Å². The number of rotatable bonds is 3. The quantitative estimate of drug-likeness (QED) is 0.675. The first-order chi connectivity index (χ1) is 11.8. The van der Waals surface area contributed by atoms with Gasteiger partial charge in [0.25, 0.3) is 5.91 Å². The number of halogens is 1. The lowest BCUT2D eigenvalue weighted by Crippen LogP contribution is -2.13. The van der Waals surface area contributed by atoms with Crippen molar-refractivity contribution in [2.75, 3.05) is 5.32 Å². The van der Waals surface area contributed by atoms with Gasteiger partial charge in [-0.1, -0.05) is 57.2 Å². The molecular weight excluding hydrogens is 335 g/mol. The Morgan fingerprint density at radius 3 is 2.40 bits per heavy atom. The number of benzene rings is 2. The third-order valence-corrected chi connectivity index (χ3v) is 4.65. The maximum absolute atomic E-state index is 13.7. The number of hydrogen-bond acceptors (Lipinski definition) is 3. The Labute approximate surface area is 150 Å². The molecule has 128 valence electrons. The molecule has 0 fully saturated rings. The molecular formula is C20H19FN2OS. The summed E-state index contributed by atoms with van der Waals surface area (Å²) in [6.45, 7) is 6.50. The fraction of sp³-hybridized carbons (Fsp3) is 0.200. The molecule has 1 heterocycles. The summed E-state index contributed by atoms with van der Waals surface area (Å²) in [5, 5.41) is 4.98. The van der Waals surface area contributed by atoms with Crippen molar-refractivity contribution in [3.63, 3.8) is 0 Å². The zero-order valence-corrected chi connectivity index (χ0v) is 15.2. The van der Waals surface area contributed by atoms with Crippen LogP contribution in [0.1, 0.15) is 36.7 Å². The topological polar surface area (TPSA) is 42.0 Å². The molecule has 0 aliphatic heterocycles. The third kappa shape index (κ3) is 3.94. The number of carbonyl (C=O) groups is 1. The van der Waals surface area contributed by atoms with E-state index in [1.54, 1.807) is 12.1 Å². The zero-order valence-electron chi connectivity index (χ0n) is 14.3. The van der Waals surface area contributed by atoms with Crippen LogP contribution in [0.15, 0.2) is 53.9 Å². The molecule has 1 amide bonds. The molecule has 0 bridgehead atoms. The average molecular weight is 354 g/mol. The summed E-state index contributed by atoms with van der Waals surface area (Å²) in [6, 6.07) is 14.1. The number of nitrogens with one attached hydrogen (secondary N) is 1. The van der Waals surface area contributed by atoms with Crippen LogP contribution in [-0.2, 0) is 5.41 Å². The molecule has 2 aromatic carbocycles. The molecule has 0 saturated heterocycles. The van der Waals surface area contributed by atoms with E-state index < -0.39 is 11.7 Å². The minimum atomic E-state index is -0.547. The Bertz CT molecular complexity index is 895. The Kier molecular flexibility index (Phi) is 4.68. The predicted octanol–water partition coefficient (Wildman–Crippen LogP) is 5.50. The van der Waals surface area contributed by atoms with Gasteiger partial charge in [-0.3, -0.25) is 10.1 Å². The third-order valence-electron chi connectivity index (χ3n) is 3.89. The lowest BCUT2D eigenvalue weighted by Gasteiger charge is -2.18. The second kappa shape index (κ2) is 6.76. The summed E-state index contributed by atoms with van der Waals surface area (Å²) in [5.41, 5.74) is 3.12. The Balaban J connectivity index is 1.76. The van der Waals surface area contributed by atoms with Gasteiger partial charge in [0, 0.05) is 10.9 Å². The summed E-state index contributed by atoms with van der Waals surface area (Å²) in [5.74, 6) is -1.04. The van der Waals surface area contributed by atoms with Gasteiger partial charge in [-0.25, -0.2) is 9.37 Å². The number of anilines is 1. The molecule has 1 N–H and O–H groups in total. The van der Waals surface area contributed by atoms with Crippen LogP contribution in [0.3, 0.4) is 0 Å². The maximum atomic E-state index is 13.7. The monoisotopic (exact) mass is 354 g/mol. The van der Waals surface area contributed by atoms with Crippen LogP contribution in [0.5, 0.6) is 0 Å². The number of thiazole rings is 1. The standard InChI is InChI=1S/C20H19FN2OS/c1-20(2,3)14-10-8-13(9-11-14)17-12-25-19(22-17)23-18(24)15-6-4-5-7-16(15)21/h4-12H,1-3H3,(H,22,23,24). The van der Waals surface area contributed by atoms with E-state index in [0.29, 0.717) is 5.13 Å². The van der Waals surface area contributed by atoms with Crippen molar-refractivity contribution in [3.8, 4) is 11.3 Å². The number of amides is 1. The average Bonchev–Trinajstić information content (AvgIpc) is 3.03. The van der Waals surface area contributed by atoms with Crippen molar-refractivity contribution in [2.45, 2.75) is 26.2 Å². The van der Waals surface area contributed by atoms with E-state index >= 15 is 0 Å². The van der Waals surface area contributed by atoms with E-state index in [0.717, 1.165) is 11.3 Å². The predicted molar refractivity (Wildman–Crippen MR) is 101 cm³/mol. The lowest BCUT2D eigenvalue weighted by atomic mass is 9.86. The van der Waals surface area contributed by atoms with Crippen LogP contribution in [0.25, 0.3) is 11.3 Å². The number of carbonyl (C=O) groups excluding carboxylic acids is 1. The van der Waals surface area contributed by atoms with Gasteiger partial charge in [0.15, 0.2) is 5.13 Å². The Hall–Kier alpha value is -2.53. The van der Waals surface area contributed by atoms with Crippen LogP contribution in [-0.4, -0.2) is 10.9 Å². The SMILES string of the molecule is CC(C)(C)c1ccc(-c2csc(NC(=O)c3ccccc3F)n2)cc1. The van der Waals surface area contributed by atoms with Gasteiger partial charge in [-0.15, -0.1) is 11.3 Å². The van der Waals surface area contributed by atoms with Gasteiger partial charge in [-0.05, 0) is 23.1 Å². The second-order valence-electron chi connectivity index (χ2n) is 6.80. The zero-order chi connectivity index (χ0) is 18.0. The molecule has 5 heteroatoms. The molecule has 0 radical (unpaired) electrons. The van der Waals surface area contributed by atoms with Gasteiger partial charge in [0.05, 0.1) is 11.3 Å². The smallest absolute Gasteiger partial charge is 0.260 e. The molecule has 0 aliphatic rings. The first-order valence-corrected chi connectivity index (χ1v) is 8.85. The molecule has 0 aliphatic carbocycles. The first kappa shape index (κ1) is 17.3. The number of nitrogens with zero attached hydrogens (tertiary/aromatic N) is 1. The van der Waals surface area contributed by atoms with Crippen LogP contribution in [0, 0.1) is 5.82 Å². The van der Waals surface area contributed by atoms with Crippen LogP contribution in [0.2, 0.25) is 0 Å². The minimum absolute atomic E-state index is 0.00813. The van der Waals surface area contributed by atoms with Crippen molar-refractivity contribution in [3.05, 3.63) is 70.9 Å². The van der Waals surface area contributed by atoms with E-state index in [1.165, 1.54) is 29.0 Å². The van der Waals surface area contributed by atoms with Crippen molar-refractivity contribution < 1.29 is 9.18 Å². The van der Waals surface area contributed by atoms with Gasteiger partial charge in [0.2, 0.25) is 0 Å². The number of hydrogen-bond donors (Lipinski definition) is 1. The van der Waals surface area contributed by atoms with Crippen LogP contribution >= 0.6 is 11.3 Å². The Morgan fingerprint density at radius 1 is 1.08 bits per heavy atom. The highest BCUT2D eigenvalue weighted by Crippen LogP contribution is 2.28. The molecule has 0 unspecified atom stereocenters. The fourth-order valence-corrected chi connectivity index (χ4v) is 3.13. The summed E-state index contributed by atoms with van der Waals surface area (Å²) in [4.78, 5) is 16.6.